The maximum Gasteiger partial charge on any atom is 0.326 e. The minimum atomic E-state index is -4.18. The van der Waals surface area contributed by atoms with Crippen LogP contribution in [0.4, 0.5) is 10.1 Å². The minimum Gasteiger partial charge on any atom is -0.506 e. The van der Waals surface area contributed by atoms with Crippen LogP contribution >= 0.6 is 11.8 Å². The molecule has 1 amide bonds. The van der Waals surface area contributed by atoms with Gasteiger partial charge < -0.3 is 10.4 Å². The number of nitrogens with one attached hydrogen (secondary N) is 2. The summed E-state index contributed by atoms with van der Waals surface area (Å²) in [7, 11) is -4.18. The van der Waals surface area contributed by atoms with E-state index in [1.165, 1.54) is 30.7 Å². The molecule has 3 aliphatic rings. The van der Waals surface area contributed by atoms with E-state index in [0.717, 1.165) is 12.3 Å². The second-order valence-electron chi connectivity index (χ2n) is 6.64. The van der Waals surface area contributed by atoms with Crippen molar-refractivity contribution in [2.24, 2.45) is 5.92 Å². The summed E-state index contributed by atoms with van der Waals surface area (Å²) >= 11 is 1.44. The van der Waals surface area contributed by atoms with Gasteiger partial charge in [0.15, 0.2) is 5.82 Å². The SMILES string of the molecule is O=C1CN(c2c(O)cc3c(c2F)C[C@H](NCC2CC2)CS3)S(=O)(=O)N1. The molecule has 1 atom stereocenters. The third kappa shape index (κ3) is 3.18. The highest BCUT2D eigenvalue weighted by Crippen LogP contribution is 2.43. The first-order chi connectivity index (χ1) is 11.8. The molecule has 10 heteroatoms. The molecule has 0 aromatic heterocycles. The lowest BCUT2D eigenvalue weighted by atomic mass is 10.0. The van der Waals surface area contributed by atoms with E-state index in [0.29, 0.717) is 27.1 Å². The first-order valence-corrected chi connectivity index (χ1v) is 10.5. The summed E-state index contributed by atoms with van der Waals surface area (Å²) in [6.45, 7) is 0.369. The Balaban J connectivity index is 1.66. The van der Waals surface area contributed by atoms with E-state index in [4.69, 9.17) is 0 Å². The molecular formula is C15H18FN3O4S2. The lowest BCUT2D eigenvalue weighted by Gasteiger charge is -2.28. The number of rotatable bonds is 4. The Hall–Kier alpha value is -1.52. The van der Waals surface area contributed by atoms with Crippen molar-refractivity contribution in [2.45, 2.75) is 30.2 Å². The number of thioether (sulfide) groups is 1. The summed E-state index contributed by atoms with van der Waals surface area (Å²) < 4.78 is 41.4. The van der Waals surface area contributed by atoms with Crippen LogP contribution in [0.1, 0.15) is 18.4 Å². The monoisotopic (exact) mass is 387 g/mol. The van der Waals surface area contributed by atoms with Gasteiger partial charge in [0.1, 0.15) is 18.0 Å². The van der Waals surface area contributed by atoms with Crippen LogP contribution in [0.25, 0.3) is 0 Å². The van der Waals surface area contributed by atoms with Crippen LogP contribution < -0.4 is 14.3 Å². The van der Waals surface area contributed by atoms with Gasteiger partial charge in [0.05, 0.1) is 0 Å². The van der Waals surface area contributed by atoms with Crippen molar-refractivity contribution in [1.82, 2.24) is 10.0 Å². The zero-order valence-electron chi connectivity index (χ0n) is 13.3. The van der Waals surface area contributed by atoms with E-state index < -0.39 is 39.9 Å². The third-order valence-electron chi connectivity index (χ3n) is 4.63. The number of carbonyl (C=O) groups is 1. The molecule has 1 aromatic rings. The van der Waals surface area contributed by atoms with Gasteiger partial charge >= 0.3 is 10.2 Å². The van der Waals surface area contributed by atoms with Gasteiger partial charge in [0, 0.05) is 22.3 Å². The normalized spacial score (nSPS) is 24.9. The number of phenolic OH excluding ortho intramolecular Hbond substituents is 1. The molecule has 0 spiro atoms. The smallest absolute Gasteiger partial charge is 0.326 e. The number of aromatic hydroxyl groups is 1. The number of carbonyl (C=O) groups excluding carboxylic acids is 1. The van der Waals surface area contributed by atoms with Crippen molar-refractivity contribution < 1.29 is 22.7 Å². The largest absolute Gasteiger partial charge is 0.506 e. The number of amides is 1. The number of anilines is 1. The summed E-state index contributed by atoms with van der Waals surface area (Å²) in [4.78, 5) is 12.0. The van der Waals surface area contributed by atoms with E-state index in [-0.39, 0.29) is 6.04 Å². The van der Waals surface area contributed by atoms with Gasteiger partial charge in [-0.05, 0) is 37.8 Å². The van der Waals surface area contributed by atoms with Crippen molar-refractivity contribution in [3.8, 4) is 5.75 Å². The van der Waals surface area contributed by atoms with Crippen LogP contribution in [0.3, 0.4) is 0 Å². The molecule has 0 unspecified atom stereocenters. The summed E-state index contributed by atoms with van der Waals surface area (Å²) in [5.41, 5.74) is -0.0764. The number of halogens is 1. The Bertz CT molecular complexity index is 842. The molecule has 1 saturated carbocycles. The molecule has 1 aliphatic carbocycles. The standard InChI is InChI=1S/C15H18FN3O4S2/c16-14-10-3-9(17-5-8-1-2-8)7-24-12(10)4-11(20)15(14)19-6-13(21)18-25(19,22)23/h4,8-9,17,20H,1-3,5-7H2,(H,18,21)/t9-/m0/s1. The van der Waals surface area contributed by atoms with Crippen LogP contribution in [0, 0.1) is 11.7 Å². The van der Waals surface area contributed by atoms with Crippen LogP contribution in [0.15, 0.2) is 11.0 Å². The number of hydrogen-bond donors (Lipinski definition) is 3. The highest BCUT2D eigenvalue weighted by Gasteiger charge is 2.39. The van der Waals surface area contributed by atoms with Gasteiger partial charge in [-0.25, -0.2) is 13.4 Å². The summed E-state index contributed by atoms with van der Waals surface area (Å²) in [6.07, 6.45) is 2.87. The average molecular weight is 387 g/mol. The molecule has 2 aliphatic heterocycles. The van der Waals surface area contributed by atoms with Gasteiger partial charge in [-0.15, -0.1) is 11.8 Å². The fourth-order valence-corrected chi connectivity index (χ4v) is 5.45. The maximum absolute atomic E-state index is 15.1. The molecular weight excluding hydrogens is 369 g/mol. The summed E-state index contributed by atoms with van der Waals surface area (Å²) in [5, 5.41) is 13.6. The Labute approximate surface area is 149 Å². The molecule has 2 fully saturated rings. The fraction of sp³-hybridized carbons (Fsp3) is 0.533. The van der Waals surface area contributed by atoms with Crippen LogP contribution in [0.2, 0.25) is 0 Å². The number of phenols is 1. The number of benzene rings is 1. The van der Waals surface area contributed by atoms with Gasteiger partial charge in [-0.2, -0.15) is 8.42 Å². The second-order valence-corrected chi connectivity index (χ2v) is 9.29. The van der Waals surface area contributed by atoms with Crippen molar-refractivity contribution in [1.29, 1.82) is 0 Å². The number of hydrogen-bond acceptors (Lipinski definition) is 6. The fourth-order valence-electron chi connectivity index (χ4n) is 3.13. The predicted octanol–water partition coefficient (Wildman–Crippen LogP) is 0.729. The van der Waals surface area contributed by atoms with Gasteiger partial charge in [-0.3, -0.25) is 4.79 Å². The third-order valence-corrected chi connectivity index (χ3v) is 7.25. The van der Waals surface area contributed by atoms with Gasteiger partial charge in [0.2, 0.25) is 0 Å². The number of fused-ring (bicyclic) bond motifs is 1. The van der Waals surface area contributed by atoms with Gasteiger partial charge in [0.25, 0.3) is 5.91 Å². The second kappa shape index (κ2) is 6.03. The van der Waals surface area contributed by atoms with Crippen LogP contribution in [-0.4, -0.2) is 44.3 Å². The number of nitrogens with zero attached hydrogens (tertiary/aromatic N) is 1. The van der Waals surface area contributed by atoms with Crippen molar-refractivity contribution in [3.05, 3.63) is 17.4 Å². The highest BCUT2D eigenvalue weighted by molar-refractivity contribution is 7.99. The molecule has 25 heavy (non-hydrogen) atoms. The molecule has 3 N–H and O–H groups in total. The van der Waals surface area contributed by atoms with E-state index in [1.54, 1.807) is 4.72 Å². The van der Waals surface area contributed by atoms with E-state index in [1.807, 2.05) is 0 Å². The summed E-state index contributed by atoms with van der Waals surface area (Å²) in [5.74, 6) is -0.540. The van der Waals surface area contributed by atoms with E-state index in [9.17, 15) is 18.3 Å². The van der Waals surface area contributed by atoms with Crippen molar-refractivity contribution in [3.63, 3.8) is 0 Å². The lowest BCUT2D eigenvalue weighted by Crippen LogP contribution is -2.37. The minimum absolute atomic E-state index is 0.0972. The van der Waals surface area contributed by atoms with Crippen molar-refractivity contribution >= 4 is 33.6 Å². The topological polar surface area (TPSA) is 98.7 Å². The molecule has 1 saturated heterocycles. The Morgan fingerprint density at radius 3 is 2.84 bits per heavy atom. The molecule has 0 bridgehead atoms. The molecule has 136 valence electrons. The van der Waals surface area contributed by atoms with Crippen LogP contribution in [-0.2, 0) is 21.4 Å². The zero-order valence-corrected chi connectivity index (χ0v) is 14.9. The van der Waals surface area contributed by atoms with Crippen molar-refractivity contribution in [2.75, 3.05) is 23.1 Å². The zero-order chi connectivity index (χ0) is 17.8. The molecule has 1 aromatic carbocycles. The van der Waals surface area contributed by atoms with E-state index >= 15 is 4.39 Å². The quantitative estimate of drug-likeness (QED) is 0.705. The Morgan fingerprint density at radius 2 is 2.20 bits per heavy atom. The van der Waals surface area contributed by atoms with Gasteiger partial charge in [-0.1, -0.05) is 0 Å². The predicted molar refractivity (Wildman–Crippen MR) is 91.4 cm³/mol. The average Bonchev–Trinajstić information content (AvgIpc) is 3.31. The lowest BCUT2D eigenvalue weighted by molar-refractivity contribution is -0.117. The Morgan fingerprint density at radius 1 is 1.44 bits per heavy atom. The van der Waals surface area contributed by atoms with Crippen LogP contribution in [0.5, 0.6) is 5.75 Å². The molecule has 0 radical (unpaired) electrons. The molecule has 7 nitrogen and oxygen atoms in total. The first-order valence-electron chi connectivity index (χ1n) is 8.09. The Kier molecular flexibility index (Phi) is 4.08. The first kappa shape index (κ1) is 16.9. The molecule has 2 heterocycles. The molecule has 4 rings (SSSR count). The summed E-state index contributed by atoms with van der Waals surface area (Å²) in [6, 6.07) is 1.48. The van der Waals surface area contributed by atoms with E-state index in [2.05, 4.69) is 5.32 Å². The highest BCUT2D eigenvalue weighted by atomic mass is 32.2. The maximum atomic E-state index is 15.1.